The van der Waals surface area contributed by atoms with E-state index in [0.29, 0.717) is 23.1 Å². The Kier molecular flexibility index (Phi) is 5.78. The molecule has 0 aliphatic carbocycles. The van der Waals surface area contributed by atoms with Crippen molar-refractivity contribution in [2.75, 3.05) is 14.2 Å². The van der Waals surface area contributed by atoms with Gasteiger partial charge >= 0.3 is 0 Å². The summed E-state index contributed by atoms with van der Waals surface area (Å²) in [5.74, 6) is 1.59. The van der Waals surface area contributed by atoms with Gasteiger partial charge in [-0.05, 0) is 53.1 Å². The Morgan fingerprint density at radius 3 is 2.21 bits per heavy atom. The molecular formula is C26H23N5O3. The molecule has 0 N–H and O–H groups in total. The van der Waals surface area contributed by atoms with Crippen LogP contribution in [0.15, 0.2) is 84.0 Å². The second kappa shape index (κ2) is 9.19. The quantitative estimate of drug-likeness (QED) is 0.373. The van der Waals surface area contributed by atoms with Crippen LogP contribution in [0.1, 0.15) is 11.3 Å². The van der Waals surface area contributed by atoms with Crippen LogP contribution in [0.25, 0.3) is 22.0 Å². The van der Waals surface area contributed by atoms with E-state index in [1.807, 2.05) is 72.9 Å². The van der Waals surface area contributed by atoms with Crippen molar-refractivity contribution < 1.29 is 9.47 Å². The van der Waals surface area contributed by atoms with Gasteiger partial charge in [0, 0.05) is 0 Å². The van der Waals surface area contributed by atoms with Crippen LogP contribution in [-0.4, -0.2) is 38.8 Å². The molecule has 0 atom stereocenters. The molecule has 0 amide bonds. The van der Waals surface area contributed by atoms with Crippen LogP contribution in [0.3, 0.4) is 0 Å². The molecule has 0 saturated carbocycles. The summed E-state index contributed by atoms with van der Waals surface area (Å²) < 4.78 is 13.7. The minimum absolute atomic E-state index is 0.120. The Bertz CT molecular complexity index is 1490. The number of ether oxygens (including phenoxy) is 2. The van der Waals surface area contributed by atoms with E-state index in [0.717, 1.165) is 28.2 Å². The second-order valence-corrected chi connectivity index (χ2v) is 7.89. The summed E-state index contributed by atoms with van der Waals surface area (Å²) in [5.41, 5.74) is 4.24. The number of fused-ring (bicyclic) bond motifs is 1. The first-order valence-electron chi connectivity index (χ1n) is 10.8. The number of hydrogen-bond acceptors (Lipinski definition) is 6. The topological polar surface area (TPSA) is 84.1 Å². The summed E-state index contributed by atoms with van der Waals surface area (Å²) in [5, 5.41) is 8.99. The Hall–Kier alpha value is -4.46. The third kappa shape index (κ3) is 4.38. The van der Waals surface area contributed by atoms with Gasteiger partial charge in [-0.3, -0.25) is 9.36 Å². The molecule has 8 nitrogen and oxygen atoms in total. The zero-order valence-electron chi connectivity index (χ0n) is 18.9. The lowest BCUT2D eigenvalue weighted by atomic mass is 10.0. The highest BCUT2D eigenvalue weighted by atomic mass is 16.5. The summed E-state index contributed by atoms with van der Waals surface area (Å²) in [6.45, 7) is 0.865. The van der Waals surface area contributed by atoms with Gasteiger partial charge in [0.15, 0.2) is 0 Å². The largest absolute Gasteiger partial charge is 0.497 e. The first-order chi connectivity index (χ1) is 16.6. The molecule has 0 bridgehead atoms. The Morgan fingerprint density at radius 2 is 1.50 bits per heavy atom. The van der Waals surface area contributed by atoms with Crippen molar-refractivity contribution in [2.45, 2.75) is 13.1 Å². The van der Waals surface area contributed by atoms with Gasteiger partial charge in [-0.2, -0.15) is 0 Å². The summed E-state index contributed by atoms with van der Waals surface area (Å²) in [4.78, 5) is 17.7. The molecule has 0 unspecified atom stereocenters. The first-order valence-corrected chi connectivity index (χ1v) is 10.8. The molecule has 0 radical (unpaired) electrons. The van der Waals surface area contributed by atoms with E-state index >= 15 is 0 Å². The highest BCUT2D eigenvalue weighted by molar-refractivity contribution is 5.83. The summed E-state index contributed by atoms with van der Waals surface area (Å²) in [7, 11) is 3.28. The van der Waals surface area contributed by atoms with Crippen molar-refractivity contribution in [2.24, 2.45) is 0 Å². The summed E-state index contributed by atoms with van der Waals surface area (Å²) in [6.07, 6.45) is 3.40. The van der Waals surface area contributed by atoms with Crippen LogP contribution in [0.2, 0.25) is 0 Å². The minimum Gasteiger partial charge on any atom is -0.497 e. The monoisotopic (exact) mass is 453 g/mol. The minimum atomic E-state index is -0.120. The van der Waals surface area contributed by atoms with Crippen molar-refractivity contribution in [1.29, 1.82) is 0 Å². The number of hydrogen-bond donors (Lipinski definition) is 0. The van der Waals surface area contributed by atoms with Crippen LogP contribution in [0, 0.1) is 0 Å². The number of nitrogens with zero attached hydrogens (tertiary/aromatic N) is 5. The Morgan fingerprint density at radius 1 is 0.824 bits per heavy atom. The van der Waals surface area contributed by atoms with Crippen molar-refractivity contribution in [3.63, 3.8) is 0 Å². The van der Waals surface area contributed by atoms with Crippen molar-refractivity contribution in [3.05, 3.63) is 101 Å². The average molecular weight is 454 g/mol. The fourth-order valence-electron chi connectivity index (χ4n) is 3.82. The van der Waals surface area contributed by atoms with Crippen molar-refractivity contribution >= 4 is 10.9 Å². The number of benzene rings is 3. The van der Waals surface area contributed by atoms with Gasteiger partial charge in [0.2, 0.25) is 0 Å². The molecule has 0 spiro atoms. The van der Waals surface area contributed by atoms with Crippen LogP contribution in [-0.2, 0) is 13.1 Å². The van der Waals surface area contributed by atoms with Crippen molar-refractivity contribution in [1.82, 2.24) is 24.5 Å². The molecule has 2 aromatic heterocycles. The summed E-state index contributed by atoms with van der Waals surface area (Å²) >= 11 is 0. The zero-order chi connectivity index (χ0) is 23.5. The van der Waals surface area contributed by atoms with Gasteiger partial charge in [-0.15, -0.1) is 5.10 Å². The van der Waals surface area contributed by atoms with E-state index in [4.69, 9.17) is 9.47 Å². The first kappa shape index (κ1) is 21.4. The SMILES string of the molecule is COc1ccc(Cn2cc(Cn3cnc4ccc(-c5ccc(OC)cc5)cc4c3=O)nn2)cc1. The van der Waals surface area contributed by atoms with Gasteiger partial charge in [0.05, 0.1) is 50.7 Å². The molecule has 170 valence electrons. The number of methoxy groups -OCH3 is 2. The fraction of sp³-hybridized carbons (Fsp3) is 0.154. The summed E-state index contributed by atoms with van der Waals surface area (Å²) in [6, 6.07) is 21.2. The van der Waals surface area contributed by atoms with Gasteiger partial charge in [0.1, 0.15) is 17.2 Å². The third-order valence-electron chi connectivity index (χ3n) is 5.67. The molecule has 5 aromatic rings. The predicted octanol–water partition coefficient (Wildman–Crippen LogP) is 3.77. The van der Waals surface area contributed by atoms with Crippen LogP contribution < -0.4 is 15.0 Å². The Balaban J connectivity index is 1.38. The highest BCUT2D eigenvalue weighted by Crippen LogP contribution is 2.24. The van der Waals surface area contributed by atoms with Gasteiger partial charge in [-0.1, -0.05) is 35.5 Å². The zero-order valence-corrected chi connectivity index (χ0v) is 18.9. The maximum absolute atomic E-state index is 13.2. The van der Waals surface area contributed by atoms with Gasteiger partial charge in [-0.25, -0.2) is 9.67 Å². The molecule has 0 fully saturated rings. The van der Waals surface area contributed by atoms with E-state index in [2.05, 4.69) is 15.3 Å². The van der Waals surface area contributed by atoms with E-state index in [1.165, 1.54) is 0 Å². The molecule has 5 rings (SSSR count). The standard InChI is InChI=1S/C26H23N5O3/c1-33-22-8-3-18(4-9-22)14-31-16-21(28-29-31)15-30-17-27-25-12-7-20(13-24(25)26(30)32)19-5-10-23(34-2)11-6-19/h3-13,16-17H,14-15H2,1-2H3. The lowest BCUT2D eigenvalue weighted by molar-refractivity contribution is 0.414. The molecule has 2 heterocycles. The third-order valence-corrected chi connectivity index (χ3v) is 5.67. The fourth-order valence-corrected chi connectivity index (χ4v) is 3.82. The average Bonchev–Trinajstić information content (AvgIpc) is 3.33. The number of rotatable bonds is 7. The van der Waals surface area contributed by atoms with Crippen LogP contribution >= 0.6 is 0 Å². The van der Waals surface area contributed by atoms with E-state index in [9.17, 15) is 4.79 Å². The van der Waals surface area contributed by atoms with Gasteiger partial charge < -0.3 is 9.47 Å². The van der Waals surface area contributed by atoms with E-state index in [-0.39, 0.29) is 12.1 Å². The second-order valence-electron chi connectivity index (χ2n) is 7.89. The molecule has 3 aromatic carbocycles. The van der Waals surface area contributed by atoms with E-state index in [1.54, 1.807) is 29.8 Å². The normalized spacial score (nSPS) is 11.0. The molecule has 0 saturated heterocycles. The van der Waals surface area contributed by atoms with E-state index < -0.39 is 0 Å². The lowest BCUT2D eigenvalue weighted by Gasteiger charge is -2.07. The molecule has 0 aliphatic rings. The molecule has 0 aliphatic heterocycles. The smallest absolute Gasteiger partial charge is 0.261 e. The maximum Gasteiger partial charge on any atom is 0.261 e. The lowest BCUT2D eigenvalue weighted by Crippen LogP contribution is -2.21. The van der Waals surface area contributed by atoms with Crippen LogP contribution in [0.4, 0.5) is 0 Å². The number of aromatic nitrogens is 5. The molecule has 8 heteroatoms. The van der Waals surface area contributed by atoms with Crippen molar-refractivity contribution in [3.8, 4) is 22.6 Å². The molecule has 34 heavy (non-hydrogen) atoms. The highest BCUT2D eigenvalue weighted by Gasteiger charge is 2.09. The van der Waals surface area contributed by atoms with Crippen LogP contribution in [0.5, 0.6) is 11.5 Å². The predicted molar refractivity (Wildman–Crippen MR) is 129 cm³/mol. The Labute approximate surface area is 196 Å². The maximum atomic E-state index is 13.2. The molecular weight excluding hydrogens is 430 g/mol. The van der Waals surface area contributed by atoms with Gasteiger partial charge in [0.25, 0.3) is 5.56 Å².